The highest BCUT2D eigenvalue weighted by Gasteiger charge is 2.38. The number of hydrogen-bond acceptors (Lipinski definition) is 2. The quantitative estimate of drug-likeness (QED) is 0.642. The van der Waals surface area contributed by atoms with Crippen molar-refractivity contribution in [2.24, 2.45) is 0 Å². The van der Waals surface area contributed by atoms with E-state index in [2.05, 4.69) is 70.3 Å². The number of carbonyl (C=O) groups is 1. The molecule has 0 spiro atoms. The molecule has 1 aliphatic rings. The molecule has 3 nitrogen and oxygen atoms in total. The SMILES string of the molecule is CCC1(CC)CC(NC(=O)CCc2ccc(C(C)(C)C)cc2)c2ccccc2O1. The molecule has 3 rings (SSSR count). The molecule has 2 aromatic carbocycles. The lowest BCUT2D eigenvalue weighted by Gasteiger charge is -2.41. The van der Waals surface area contributed by atoms with Crippen LogP contribution in [-0.4, -0.2) is 11.5 Å². The lowest BCUT2D eigenvalue weighted by molar-refractivity contribution is -0.122. The lowest BCUT2D eigenvalue weighted by atomic mass is 9.83. The number of nitrogens with one attached hydrogen (secondary N) is 1. The van der Waals surface area contributed by atoms with E-state index in [4.69, 9.17) is 4.74 Å². The number of para-hydroxylation sites is 1. The van der Waals surface area contributed by atoms with E-state index in [1.54, 1.807) is 0 Å². The number of hydrogen-bond donors (Lipinski definition) is 1. The first-order valence-corrected chi connectivity index (χ1v) is 10.9. The van der Waals surface area contributed by atoms with Crippen molar-refractivity contribution in [1.29, 1.82) is 0 Å². The number of carbonyl (C=O) groups excluding carboxylic acids is 1. The van der Waals surface area contributed by atoms with Gasteiger partial charge in [-0.25, -0.2) is 0 Å². The van der Waals surface area contributed by atoms with Crippen LogP contribution >= 0.6 is 0 Å². The Kier molecular flexibility index (Phi) is 6.36. The summed E-state index contributed by atoms with van der Waals surface area (Å²) >= 11 is 0. The summed E-state index contributed by atoms with van der Waals surface area (Å²) in [6, 6.07) is 16.8. The van der Waals surface area contributed by atoms with E-state index in [0.717, 1.165) is 37.0 Å². The summed E-state index contributed by atoms with van der Waals surface area (Å²) in [4.78, 5) is 12.8. The first kappa shape index (κ1) is 21.4. The Morgan fingerprint density at radius 2 is 1.72 bits per heavy atom. The first-order valence-electron chi connectivity index (χ1n) is 10.9. The largest absolute Gasteiger partial charge is 0.487 e. The van der Waals surface area contributed by atoms with E-state index in [0.29, 0.717) is 6.42 Å². The molecule has 0 saturated heterocycles. The summed E-state index contributed by atoms with van der Waals surface area (Å²) in [5.41, 5.74) is 3.57. The normalized spacial score (nSPS) is 17.9. The Morgan fingerprint density at radius 3 is 2.34 bits per heavy atom. The summed E-state index contributed by atoms with van der Waals surface area (Å²) in [7, 11) is 0. The van der Waals surface area contributed by atoms with E-state index >= 15 is 0 Å². The third-order valence-corrected chi connectivity index (χ3v) is 6.28. The van der Waals surface area contributed by atoms with Gasteiger partial charge in [0, 0.05) is 18.4 Å². The summed E-state index contributed by atoms with van der Waals surface area (Å²) in [5, 5.41) is 3.29. The van der Waals surface area contributed by atoms with Crippen LogP contribution in [0.25, 0.3) is 0 Å². The van der Waals surface area contributed by atoms with Crippen LogP contribution in [0.1, 0.15) is 83.0 Å². The highest BCUT2D eigenvalue weighted by molar-refractivity contribution is 5.77. The molecule has 29 heavy (non-hydrogen) atoms. The molecule has 1 unspecified atom stereocenters. The first-order chi connectivity index (χ1) is 13.8. The average Bonchev–Trinajstić information content (AvgIpc) is 2.71. The maximum atomic E-state index is 12.8. The molecule has 0 radical (unpaired) electrons. The summed E-state index contributed by atoms with van der Waals surface area (Å²) < 4.78 is 6.35. The Balaban J connectivity index is 1.65. The Hall–Kier alpha value is -2.29. The maximum absolute atomic E-state index is 12.8. The Labute approximate surface area is 175 Å². The van der Waals surface area contributed by atoms with E-state index in [9.17, 15) is 4.79 Å². The predicted octanol–water partition coefficient (Wildman–Crippen LogP) is 6.12. The van der Waals surface area contributed by atoms with Crippen LogP contribution in [0.4, 0.5) is 0 Å². The molecule has 3 heteroatoms. The molecule has 0 aromatic heterocycles. The number of rotatable bonds is 6. The van der Waals surface area contributed by atoms with Crippen molar-refractivity contribution in [3.8, 4) is 5.75 Å². The molecule has 1 N–H and O–H groups in total. The average molecular weight is 394 g/mol. The molecule has 0 aliphatic carbocycles. The molecule has 1 amide bonds. The van der Waals surface area contributed by atoms with Crippen LogP contribution in [0.15, 0.2) is 48.5 Å². The standard InChI is InChI=1S/C26H35NO2/c1-6-26(7-2)18-22(21-10-8-9-11-23(21)29-26)27-24(28)17-14-19-12-15-20(16-13-19)25(3,4)5/h8-13,15-16,22H,6-7,14,17-18H2,1-5H3,(H,27,28). The van der Waals surface area contributed by atoms with Crippen LogP contribution in [0.3, 0.4) is 0 Å². The van der Waals surface area contributed by atoms with Gasteiger partial charge in [-0.05, 0) is 41.9 Å². The van der Waals surface area contributed by atoms with E-state index in [1.807, 2.05) is 18.2 Å². The number of benzene rings is 2. The third kappa shape index (κ3) is 5.01. The van der Waals surface area contributed by atoms with Crippen molar-refractivity contribution < 1.29 is 9.53 Å². The summed E-state index contributed by atoms with van der Waals surface area (Å²) in [5.74, 6) is 1.01. The minimum atomic E-state index is -0.199. The van der Waals surface area contributed by atoms with Gasteiger partial charge in [0.1, 0.15) is 11.4 Å². The summed E-state index contributed by atoms with van der Waals surface area (Å²) in [6.07, 6.45) is 3.95. The smallest absolute Gasteiger partial charge is 0.220 e. The van der Waals surface area contributed by atoms with Gasteiger partial charge >= 0.3 is 0 Å². The van der Waals surface area contributed by atoms with E-state index in [-0.39, 0.29) is 23.0 Å². The van der Waals surface area contributed by atoms with Gasteiger partial charge in [-0.3, -0.25) is 4.79 Å². The predicted molar refractivity (Wildman–Crippen MR) is 119 cm³/mol. The Morgan fingerprint density at radius 1 is 1.07 bits per heavy atom. The second kappa shape index (κ2) is 8.61. The van der Waals surface area contributed by atoms with Crippen LogP contribution in [0, 0.1) is 0 Å². The monoisotopic (exact) mass is 393 g/mol. The molecule has 0 fully saturated rings. The zero-order chi connectivity index (χ0) is 21.1. The Bertz CT molecular complexity index is 829. The van der Waals surface area contributed by atoms with Crippen molar-refractivity contribution in [3.05, 3.63) is 65.2 Å². The minimum Gasteiger partial charge on any atom is -0.487 e. The minimum absolute atomic E-state index is 0.00983. The fraction of sp³-hybridized carbons (Fsp3) is 0.500. The number of fused-ring (bicyclic) bond motifs is 1. The van der Waals surface area contributed by atoms with Crippen molar-refractivity contribution >= 4 is 5.91 Å². The molecule has 1 atom stereocenters. The van der Waals surface area contributed by atoms with Crippen molar-refractivity contribution in [2.45, 2.75) is 83.8 Å². The number of ether oxygens (including phenoxy) is 1. The molecule has 1 heterocycles. The lowest BCUT2D eigenvalue weighted by Crippen LogP contribution is -2.44. The van der Waals surface area contributed by atoms with Crippen LogP contribution in [-0.2, 0) is 16.6 Å². The van der Waals surface area contributed by atoms with Crippen LogP contribution in [0.2, 0.25) is 0 Å². The molecule has 1 aliphatic heterocycles. The number of amides is 1. The van der Waals surface area contributed by atoms with Gasteiger partial charge in [-0.15, -0.1) is 0 Å². The summed E-state index contributed by atoms with van der Waals surface area (Å²) in [6.45, 7) is 11.0. The molecular weight excluding hydrogens is 358 g/mol. The van der Waals surface area contributed by atoms with Gasteiger partial charge in [-0.1, -0.05) is 77.1 Å². The highest BCUT2D eigenvalue weighted by atomic mass is 16.5. The van der Waals surface area contributed by atoms with E-state index in [1.165, 1.54) is 11.1 Å². The van der Waals surface area contributed by atoms with Crippen LogP contribution in [0.5, 0.6) is 5.75 Å². The van der Waals surface area contributed by atoms with Gasteiger partial charge in [0.05, 0.1) is 6.04 Å². The molecule has 0 saturated carbocycles. The van der Waals surface area contributed by atoms with Gasteiger partial charge in [0.25, 0.3) is 0 Å². The van der Waals surface area contributed by atoms with Crippen molar-refractivity contribution in [3.63, 3.8) is 0 Å². The number of aryl methyl sites for hydroxylation is 1. The topological polar surface area (TPSA) is 38.3 Å². The van der Waals surface area contributed by atoms with Gasteiger partial charge in [0.15, 0.2) is 0 Å². The van der Waals surface area contributed by atoms with Gasteiger partial charge in [0.2, 0.25) is 5.91 Å². The molecule has 0 bridgehead atoms. The molecular formula is C26H35NO2. The fourth-order valence-corrected chi connectivity index (χ4v) is 4.13. The van der Waals surface area contributed by atoms with Gasteiger partial charge in [-0.2, -0.15) is 0 Å². The van der Waals surface area contributed by atoms with Crippen LogP contribution < -0.4 is 10.1 Å². The zero-order valence-corrected chi connectivity index (χ0v) is 18.5. The fourth-order valence-electron chi connectivity index (χ4n) is 4.13. The molecule has 2 aromatic rings. The molecule has 156 valence electrons. The second-order valence-corrected chi connectivity index (χ2v) is 9.30. The van der Waals surface area contributed by atoms with Gasteiger partial charge < -0.3 is 10.1 Å². The maximum Gasteiger partial charge on any atom is 0.220 e. The van der Waals surface area contributed by atoms with E-state index < -0.39 is 0 Å². The zero-order valence-electron chi connectivity index (χ0n) is 18.5. The van der Waals surface area contributed by atoms with Crippen molar-refractivity contribution in [2.75, 3.05) is 0 Å². The highest BCUT2D eigenvalue weighted by Crippen LogP contribution is 2.42. The third-order valence-electron chi connectivity index (χ3n) is 6.28. The second-order valence-electron chi connectivity index (χ2n) is 9.30. The van der Waals surface area contributed by atoms with Crippen molar-refractivity contribution in [1.82, 2.24) is 5.32 Å².